The lowest BCUT2D eigenvalue weighted by molar-refractivity contribution is 0.146. The van der Waals surface area contributed by atoms with Crippen LogP contribution < -0.4 is 5.32 Å². The van der Waals surface area contributed by atoms with E-state index in [1.165, 1.54) is 19.3 Å². The molecule has 2 atom stereocenters. The minimum absolute atomic E-state index is 0.413. The van der Waals surface area contributed by atoms with E-state index in [-0.39, 0.29) is 0 Å². The van der Waals surface area contributed by atoms with E-state index in [0.29, 0.717) is 6.04 Å². The zero-order valence-electron chi connectivity index (χ0n) is 11.0. The molecule has 3 heteroatoms. The van der Waals surface area contributed by atoms with Crippen LogP contribution >= 0.6 is 0 Å². The van der Waals surface area contributed by atoms with Crippen molar-refractivity contribution in [2.45, 2.75) is 37.8 Å². The van der Waals surface area contributed by atoms with Gasteiger partial charge >= 0.3 is 0 Å². The molecule has 2 heterocycles. The van der Waals surface area contributed by atoms with Gasteiger partial charge in [-0.05, 0) is 43.5 Å². The molecule has 1 aromatic heterocycles. The van der Waals surface area contributed by atoms with E-state index in [1.807, 2.05) is 30.3 Å². The number of nitrogens with one attached hydrogen (secondary N) is 1. The Kier molecular flexibility index (Phi) is 3.76. The van der Waals surface area contributed by atoms with Gasteiger partial charge in [-0.1, -0.05) is 24.6 Å². The Morgan fingerprint density at radius 3 is 3.00 bits per heavy atom. The maximum atomic E-state index is 10.5. The summed E-state index contributed by atoms with van der Waals surface area (Å²) < 4.78 is 0. The number of hydrogen-bond acceptors (Lipinski definition) is 3. The summed E-state index contributed by atoms with van der Waals surface area (Å²) in [6, 6.07) is 10.4. The number of aromatic nitrogens is 1. The number of piperidine rings is 1. The number of nitrogens with zero attached hydrogens (tertiary/aromatic N) is 1. The van der Waals surface area contributed by atoms with Crippen LogP contribution in [0.15, 0.2) is 36.5 Å². The second-order valence-electron chi connectivity index (χ2n) is 5.32. The lowest BCUT2D eigenvalue weighted by Gasteiger charge is -2.26. The molecule has 19 heavy (non-hydrogen) atoms. The standard InChI is InChI=1S/C16H20N2O/c19-16(11-12-5-3-4-9-17-12)14-8-10-18-15-7-2-1-6-13(14)15/h1-2,6-8,10,12,16-17,19H,3-5,9,11H2. The van der Waals surface area contributed by atoms with E-state index in [9.17, 15) is 5.11 Å². The summed E-state index contributed by atoms with van der Waals surface area (Å²) in [5.74, 6) is 0. The molecule has 3 rings (SSSR count). The molecule has 2 N–H and O–H groups in total. The van der Waals surface area contributed by atoms with Crippen LogP contribution in [0, 0.1) is 0 Å². The molecule has 0 aliphatic carbocycles. The van der Waals surface area contributed by atoms with E-state index in [4.69, 9.17) is 0 Å². The predicted octanol–water partition coefficient (Wildman–Crippen LogP) is 2.80. The molecule has 0 bridgehead atoms. The Balaban J connectivity index is 1.82. The first-order valence-electron chi connectivity index (χ1n) is 7.10. The minimum atomic E-state index is -0.413. The third-order valence-corrected chi connectivity index (χ3v) is 3.96. The highest BCUT2D eigenvalue weighted by Gasteiger charge is 2.19. The van der Waals surface area contributed by atoms with Crippen LogP contribution in [0.2, 0.25) is 0 Å². The molecule has 1 saturated heterocycles. The van der Waals surface area contributed by atoms with Crippen molar-refractivity contribution in [3.8, 4) is 0 Å². The van der Waals surface area contributed by atoms with Crippen LogP contribution in [0.4, 0.5) is 0 Å². The van der Waals surface area contributed by atoms with Gasteiger partial charge in [0.2, 0.25) is 0 Å². The molecule has 0 radical (unpaired) electrons. The smallest absolute Gasteiger partial charge is 0.0812 e. The molecule has 1 fully saturated rings. The summed E-state index contributed by atoms with van der Waals surface area (Å²) in [6.07, 6.45) is 5.85. The highest BCUT2D eigenvalue weighted by Crippen LogP contribution is 2.27. The van der Waals surface area contributed by atoms with Gasteiger partial charge < -0.3 is 10.4 Å². The van der Waals surface area contributed by atoms with E-state index in [1.54, 1.807) is 6.20 Å². The molecule has 1 aliphatic rings. The van der Waals surface area contributed by atoms with Crippen molar-refractivity contribution in [1.82, 2.24) is 10.3 Å². The number of fused-ring (bicyclic) bond motifs is 1. The number of hydrogen-bond donors (Lipinski definition) is 2. The Morgan fingerprint density at radius 1 is 1.26 bits per heavy atom. The molecule has 3 nitrogen and oxygen atoms in total. The predicted molar refractivity (Wildman–Crippen MR) is 77.0 cm³/mol. The van der Waals surface area contributed by atoms with Crippen LogP contribution in [-0.2, 0) is 0 Å². The van der Waals surface area contributed by atoms with Crippen molar-refractivity contribution < 1.29 is 5.11 Å². The number of aliphatic hydroxyl groups excluding tert-OH is 1. The van der Waals surface area contributed by atoms with Gasteiger partial charge in [0.1, 0.15) is 0 Å². The Labute approximate surface area is 113 Å². The fraction of sp³-hybridized carbons (Fsp3) is 0.438. The molecular weight excluding hydrogens is 236 g/mol. The van der Waals surface area contributed by atoms with Crippen molar-refractivity contribution in [3.05, 3.63) is 42.1 Å². The van der Waals surface area contributed by atoms with Gasteiger partial charge in [0.25, 0.3) is 0 Å². The molecule has 0 spiro atoms. The maximum Gasteiger partial charge on any atom is 0.0812 e. The highest BCUT2D eigenvalue weighted by molar-refractivity contribution is 5.82. The van der Waals surface area contributed by atoms with Crippen molar-refractivity contribution in [2.24, 2.45) is 0 Å². The van der Waals surface area contributed by atoms with Gasteiger partial charge in [-0.2, -0.15) is 0 Å². The fourth-order valence-electron chi connectivity index (χ4n) is 2.93. The molecular formula is C16H20N2O. The average Bonchev–Trinajstić information content (AvgIpc) is 2.47. The number of benzene rings is 1. The summed E-state index contributed by atoms with van der Waals surface area (Å²) in [4.78, 5) is 4.34. The number of para-hydroxylation sites is 1. The monoisotopic (exact) mass is 256 g/mol. The van der Waals surface area contributed by atoms with Gasteiger partial charge in [0, 0.05) is 17.6 Å². The summed E-state index contributed by atoms with van der Waals surface area (Å²) in [7, 11) is 0. The van der Waals surface area contributed by atoms with E-state index in [0.717, 1.165) is 29.4 Å². The Hall–Kier alpha value is -1.45. The normalized spacial score (nSPS) is 21.4. The van der Waals surface area contributed by atoms with Crippen LogP contribution in [0.25, 0.3) is 10.9 Å². The molecule has 1 aliphatic heterocycles. The topological polar surface area (TPSA) is 45.1 Å². The number of aliphatic hydroxyl groups is 1. The fourth-order valence-corrected chi connectivity index (χ4v) is 2.93. The second kappa shape index (κ2) is 5.68. The summed E-state index contributed by atoms with van der Waals surface area (Å²) in [6.45, 7) is 1.08. The summed E-state index contributed by atoms with van der Waals surface area (Å²) in [5.41, 5.74) is 1.95. The van der Waals surface area contributed by atoms with Crippen LogP contribution in [0.1, 0.15) is 37.4 Å². The van der Waals surface area contributed by atoms with Crippen molar-refractivity contribution in [3.63, 3.8) is 0 Å². The molecule has 1 aromatic carbocycles. The van der Waals surface area contributed by atoms with E-state index < -0.39 is 6.10 Å². The van der Waals surface area contributed by atoms with Gasteiger partial charge in [-0.3, -0.25) is 4.98 Å². The lowest BCUT2D eigenvalue weighted by Crippen LogP contribution is -2.35. The SMILES string of the molecule is OC(CC1CCCCN1)c1ccnc2ccccc12. The Morgan fingerprint density at radius 2 is 2.16 bits per heavy atom. The maximum absolute atomic E-state index is 10.5. The molecule has 0 saturated carbocycles. The third-order valence-electron chi connectivity index (χ3n) is 3.96. The summed E-state index contributed by atoms with van der Waals surface area (Å²) in [5, 5.41) is 15.1. The minimum Gasteiger partial charge on any atom is -0.388 e. The largest absolute Gasteiger partial charge is 0.388 e. The molecule has 2 aromatic rings. The third kappa shape index (κ3) is 2.77. The first-order valence-corrected chi connectivity index (χ1v) is 7.10. The van der Waals surface area contributed by atoms with Crippen LogP contribution in [0.3, 0.4) is 0 Å². The van der Waals surface area contributed by atoms with Gasteiger partial charge in [-0.25, -0.2) is 0 Å². The molecule has 0 amide bonds. The number of rotatable bonds is 3. The summed E-state index contributed by atoms with van der Waals surface area (Å²) >= 11 is 0. The van der Waals surface area contributed by atoms with Crippen molar-refractivity contribution in [2.75, 3.05) is 6.54 Å². The lowest BCUT2D eigenvalue weighted by atomic mass is 9.94. The van der Waals surface area contributed by atoms with Gasteiger partial charge in [0.05, 0.1) is 11.6 Å². The highest BCUT2D eigenvalue weighted by atomic mass is 16.3. The van der Waals surface area contributed by atoms with E-state index >= 15 is 0 Å². The first kappa shape index (κ1) is 12.6. The van der Waals surface area contributed by atoms with Crippen molar-refractivity contribution in [1.29, 1.82) is 0 Å². The second-order valence-corrected chi connectivity index (χ2v) is 5.32. The van der Waals surface area contributed by atoms with Crippen molar-refractivity contribution >= 4 is 10.9 Å². The molecule has 2 unspecified atom stereocenters. The zero-order chi connectivity index (χ0) is 13.1. The molecule has 100 valence electrons. The Bertz CT molecular complexity index is 544. The zero-order valence-corrected chi connectivity index (χ0v) is 11.0. The quantitative estimate of drug-likeness (QED) is 0.887. The van der Waals surface area contributed by atoms with Gasteiger partial charge in [-0.15, -0.1) is 0 Å². The van der Waals surface area contributed by atoms with Crippen LogP contribution in [-0.4, -0.2) is 22.7 Å². The van der Waals surface area contributed by atoms with Gasteiger partial charge in [0.15, 0.2) is 0 Å². The first-order chi connectivity index (χ1) is 9.34. The number of pyridine rings is 1. The average molecular weight is 256 g/mol. The van der Waals surface area contributed by atoms with E-state index in [2.05, 4.69) is 10.3 Å². The van der Waals surface area contributed by atoms with Crippen LogP contribution in [0.5, 0.6) is 0 Å².